The summed E-state index contributed by atoms with van der Waals surface area (Å²) in [6, 6.07) is 3.67. The van der Waals surface area contributed by atoms with Gasteiger partial charge < -0.3 is 10.2 Å². The number of nitrogens with zero attached hydrogens (tertiary/aromatic N) is 2. The Morgan fingerprint density at radius 2 is 2.15 bits per heavy atom. The Bertz CT molecular complexity index is 451. The predicted octanol–water partition coefficient (Wildman–Crippen LogP) is 2.70. The monoisotopic (exact) mass is 275 g/mol. The molecular formula is C16H25N3O. The van der Waals surface area contributed by atoms with E-state index < -0.39 is 0 Å². The van der Waals surface area contributed by atoms with E-state index in [-0.39, 0.29) is 5.91 Å². The Hall–Kier alpha value is -1.58. The van der Waals surface area contributed by atoms with Gasteiger partial charge in [-0.15, -0.1) is 0 Å². The Kier molecular flexibility index (Phi) is 4.99. The fourth-order valence-corrected chi connectivity index (χ4v) is 3.01. The number of nitrogens with one attached hydrogen (secondary N) is 1. The number of carbonyl (C=O) groups is 1. The largest absolute Gasteiger partial charge is 0.356 e. The number of anilines is 1. The van der Waals surface area contributed by atoms with Gasteiger partial charge in [0, 0.05) is 26.3 Å². The van der Waals surface area contributed by atoms with Gasteiger partial charge in [0.1, 0.15) is 5.82 Å². The molecule has 0 bridgehead atoms. The van der Waals surface area contributed by atoms with E-state index >= 15 is 0 Å². The molecule has 0 aromatic carbocycles. The summed E-state index contributed by atoms with van der Waals surface area (Å²) < 4.78 is 0. The summed E-state index contributed by atoms with van der Waals surface area (Å²) in [7, 11) is 1.66. The maximum Gasteiger partial charge on any atom is 0.254 e. The van der Waals surface area contributed by atoms with Crippen molar-refractivity contribution in [2.24, 2.45) is 11.8 Å². The zero-order valence-electron chi connectivity index (χ0n) is 12.7. The van der Waals surface area contributed by atoms with Crippen molar-refractivity contribution in [3.63, 3.8) is 0 Å². The first kappa shape index (κ1) is 14.8. The molecule has 0 unspecified atom stereocenters. The second kappa shape index (κ2) is 6.73. The Morgan fingerprint density at radius 3 is 2.75 bits per heavy atom. The van der Waals surface area contributed by atoms with Crippen molar-refractivity contribution < 1.29 is 4.79 Å². The van der Waals surface area contributed by atoms with E-state index in [0.717, 1.165) is 30.7 Å². The second-order valence-electron chi connectivity index (χ2n) is 6.01. The molecular weight excluding hydrogens is 250 g/mol. The van der Waals surface area contributed by atoms with Crippen molar-refractivity contribution >= 4 is 11.7 Å². The van der Waals surface area contributed by atoms with Crippen LogP contribution in [0.1, 0.15) is 43.5 Å². The van der Waals surface area contributed by atoms with Crippen LogP contribution in [-0.2, 0) is 0 Å². The number of amides is 1. The third kappa shape index (κ3) is 3.50. The van der Waals surface area contributed by atoms with Crippen molar-refractivity contribution in [3.05, 3.63) is 23.9 Å². The van der Waals surface area contributed by atoms with Crippen molar-refractivity contribution in [1.82, 2.24) is 10.3 Å². The van der Waals surface area contributed by atoms with Crippen LogP contribution in [0.25, 0.3) is 0 Å². The second-order valence-corrected chi connectivity index (χ2v) is 6.01. The maximum absolute atomic E-state index is 11.9. The van der Waals surface area contributed by atoms with Crippen LogP contribution >= 0.6 is 0 Å². The first-order chi connectivity index (χ1) is 9.61. The quantitative estimate of drug-likeness (QED) is 0.919. The van der Waals surface area contributed by atoms with E-state index in [1.807, 2.05) is 12.1 Å². The molecule has 0 aliphatic carbocycles. The summed E-state index contributed by atoms with van der Waals surface area (Å²) in [5.41, 5.74) is 0.678. The molecule has 0 spiro atoms. The lowest BCUT2D eigenvalue weighted by Crippen LogP contribution is -2.36. The molecule has 0 radical (unpaired) electrons. The number of pyridine rings is 1. The van der Waals surface area contributed by atoms with E-state index in [4.69, 9.17) is 0 Å². The number of rotatable bonds is 4. The van der Waals surface area contributed by atoms with E-state index in [1.165, 1.54) is 19.3 Å². The first-order valence-corrected chi connectivity index (χ1v) is 7.54. The van der Waals surface area contributed by atoms with Gasteiger partial charge in [0.25, 0.3) is 5.91 Å². The number of aromatic nitrogens is 1. The summed E-state index contributed by atoms with van der Waals surface area (Å²) in [6.45, 7) is 6.57. The van der Waals surface area contributed by atoms with Crippen LogP contribution in [0.15, 0.2) is 18.3 Å². The third-order valence-electron chi connectivity index (χ3n) is 3.98. The minimum absolute atomic E-state index is 0.0580. The molecule has 4 nitrogen and oxygen atoms in total. The summed E-state index contributed by atoms with van der Waals surface area (Å²) in [5, 5.41) is 2.69. The van der Waals surface area contributed by atoms with Crippen LogP contribution in [0.5, 0.6) is 0 Å². The molecule has 1 N–H and O–H groups in total. The van der Waals surface area contributed by atoms with Gasteiger partial charge in [0.2, 0.25) is 0 Å². The molecule has 2 heterocycles. The molecule has 0 saturated carbocycles. The minimum Gasteiger partial charge on any atom is -0.356 e. The van der Waals surface area contributed by atoms with Gasteiger partial charge in [-0.1, -0.05) is 13.8 Å². The maximum atomic E-state index is 11.9. The van der Waals surface area contributed by atoms with Crippen LogP contribution < -0.4 is 10.2 Å². The fourth-order valence-electron chi connectivity index (χ4n) is 3.01. The van der Waals surface area contributed by atoms with Gasteiger partial charge >= 0.3 is 0 Å². The molecule has 1 saturated heterocycles. The third-order valence-corrected chi connectivity index (χ3v) is 3.98. The Balaban J connectivity index is 2.05. The topological polar surface area (TPSA) is 45.2 Å². The molecule has 110 valence electrons. The first-order valence-electron chi connectivity index (χ1n) is 7.54. The highest BCUT2D eigenvalue weighted by Crippen LogP contribution is 2.28. The lowest BCUT2D eigenvalue weighted by molar-refractivity contribution is 0.0963. The average molecular weight is 275 g/mol. The summed E-state index contributed by atoms with van der Waals surface area (Å²) in [5.74, 6) is 2.36. The zero-order chi connectivity index (χ0) is 14.5. The highest BCUT2D eigenvalue weighted by Gasteiger charge is 2.23. The van der Waals surface area contributed by atoms with Crippen molar-refractivity contribution in [2.75, 3.05) is 25.0 Å². The lowest BCUT2D eigenvalue weighted by atomic mass is 9.88. The average Bonchev–Trinajstić information content (AvgIpc) is 2.46. The molecule has 20 heavy (non-hydrogen) atoms. The zero-order valence-corrected chi connectivity index (χ0v) is 12.7. The molecule has 1 aliphatic heterocycles. The van der Waals surface area contributed by atoms with Gasteiger partial charge in [0.05, 0.1) is 5.56 Å². The van der Waals surface area contributed by atoms with Gasteiger partial charge in [-0.05, 0) is 43.2 Å². The highest BCUT2D eigenvalue weighted by atomic mass is 16.1. The van der Waals surface area contributed by atoms with E-state index in [9.17, 15) is 4.79 Å². The van der Waals surface area contributed by atoms with Crippen molar-refractivity contribution in [3.8, 4) is 0 Å². The number of piperidine rings is 1. The Labute approximate surface area is 121 Å². The lowest BCUT2D eigenvalue weighted by Gasteiger charge is -2.34. The van der Waals surface area contributed by atoms with Crippen LogP contribution in [0.4, 0.5) is 5.82 Å². The van der Waals surface area contributed by atoms with Crippen LogP contribution in [0, 0.1) is 11.8 Å². The summed E-state index contributed by atoms with van der Waals surface area (Å²) in [4.78, 5) is 18.6. The van der Waals surface area contributed by atoms with Crippen molar-refractivity contribution in [2.45, 2.75) is 33.1 Å². The van der Waals surface area contributed by atoms with Crippen LogP contribution in [-0.4, -0.2) is 31.0 Å². The molecule has 4 heteroatoms. The molecule has 1 fully saturated rings. The smallest absolute Gasteiger partial charge is 0.254 e. The molecule has 1 aliphatic rings. The SMILES string of the molecule is CNC(=O)c1cccnc1N1CCC(CC(C)C)CC1. The normalized spacial score (nSPS) is 16.5. The van der Waals surface area contributed by atoms with Gasteiger partial charge in [-0.2, -0.15) is 0 Å². The molecule has 1 aromatic heterocycles. The van der Waals surface area contributed by atoms with Crippen LogP contribution in [0.3, 0.4) is 0 Å². The van der Waals surface area contributed by atoms with Gasteiger partial charge in [-0.25, -0.2) is 4.98 Å². The van der Waals surface area contributed by atoms with E-state index in [0.29, 0.717) is 5.56 Å². The molecule has 2 rings (SSSR count). The van der Waals surface area contributed by atoms with Crippen molar-refractivity contribution in [1.29, 1.82) is 0 Å². The number of hydrogen-bond acceptors (Lipinski definition) is 3. The molecule has 0 atom stereocenters. The van der Waals surface area contributed by atoms with Crippen LogP contribution in [0.2, 0.25) is 0 Å². The summed E-state index contributed by atoms with van der Waals surface area (Å²) in [6.07, 6.45) is 5.46. The predicted molar refractivity (Wildman–Crippen MR) is 82.0 cm³/mol. The fraction of sp³-hybridized carbons (Fsp3) is 0.625. The highest BCUT2D eigenvalue weighted by molar-refractivity contribution is 5.98. The summed E-state index contributed by atoms with van der Waals surface area (Å²) >= 11 is 0. The minimum atomic E-state index is -0.0580. The molecule has 1 amide bonds. The molecule has 1 aromatic rings. The van der Waals surface area contributed by atoms with E-state index in [2.05, 4.69) is 29.0 Å². The number of hydrogen-bond donors (Lipinski definition) is 1. The Morgan fingerprint density at radius 1 is 1.45 bits per heavy atom. The van der Waals surface area contributed by atoms with Gasteiger partial charge in [0.15, 0.2) is 0 Å². The van der Waals surface area contributed by atoms with Gasteiger partial charge in [-0.3, -0.25) is 4.79 Å². The van der Waals surface area contributed by atoms with E-state index in [1.54, 1.807) is 13.2 Å². The standard InChI is InChI=1S/C16H25N3O/c1-12(2)11-13-6-9-19(10-7-13)15-14(16(20)17-3)5-4-8-18-15/h4-5,8,12-13H,6-7,9-11H2,1-3H3,(H,17,20). The number of carbonyl (C=O) groups excluding carboxylic acids is 1.